The summed E-state index contributed by atoms with van der Waals surface area (Å²) in [6.07, 6.45) is 2.58. The van der Waals surface area contributed by atoms with E-state index in [-0.39, 0.29) is 17.9 Å². The molecule has 1 fully saturated rings. The average molecular weight is 276 g/mol. The molecule has 1 aromatic carbocycles. The van der Waals surface area contributed by atoms with Crippen LogP contribution in [0.3, 0.4) is 0 Å². The van der Waals surface area contributed by atoms with Crippen LogP contribution < -0.4 is 10.6 Å². The highest BCUT2D eigenvalue weighted by atomic mass is 16.5. The normalized spacial score (nSPS) is 21.9. The van der Waals surface area contributed by atoms with E-state index in [0.29, 0.717) is 19.7 Å². The second-order valence-corrected chi connectivity index (χ2v) is 5.18. The number of nitrogens with zero attached hydrogens (tertiary/aromatic N) is 1. The van der Waals surface area contributed by atoms with Crippen molar-refractivity contribution < 1.29 is 9.53 Å². The minimum atomic E-state index is -0.0158. The first-order valence-electron chi connectivity index (χ1n) is 7.46. The first kappa shape index (κ1) is 15.0. The van der Waals surface area contributed by atoms with Crippen molar-refractivity contribution in [2.24, 2.45) is 11.7 Å². The molecule has 2 rings (SSSR count). The fourth-order valence-corrected chi connectivity index (χ4v) is 2.76. The van der Waals surface area contributed by atoms with Crippen LogP contribution in [0.1, 0.15) is 26.2 Å². The number of benzene rings is 1. The zero-order valence-electron chi connectivity index (χ0n) is 12.1. The fraction of sp³-hybridized carbons (Fsp3) is 0.562. The van der Waals surface area contributed by atoms with Crippen molar-refractivity contribution >= 4 is 11.6 Å². The summed E-state index contributed by atoms with van der Waals surface area (Å²) < 4.78 is 5.65. The van der Waals surface area contributed by atoms with E-state index in [1.807, 2.05) is 35.2 Å². The Morgan fingerprint density at radius 3 is 2.80 bits per heavy atom. The van der Waals surface area contributed by atoms with Gasteiger partial charge in [-0.3, -0.25) is 4.79 Å². The third kappa shape index (κ3) is 3.38. The molecule has 0 aliphatic carbocycles. The molecule has 110 valence electrons. The van der Waals surface area contributed by atoms with Crippen LogP contribution in [0.15, 0.2) is 30.3 Å². The maximum Gasteiger partial charge on any atom is 0.232 e. The third-order valence-electron chi connectivity index (χ3n) is 3.85. The number of ether oxygens (including phenoxy) is 1. The molecule has 0 saturated carbocycles. The van der Waals surface area contributed by atoms with Crippen molar-refractivity contribution in [3.63, 3.8) is 0 Å². The Balaban J connectivity index is 2.15. The van der Waals surface area contributed by atoms with Crippen LogP contribution >= 0.6 is 0 Å². The Hall–Kier alpha value is -1.39. The Bertz CT molecular complexity index is 422. The number of nitrogens with two attached hydrogens (primary N) is 1. The highest BCUT2D eigenvalue weighted by molar-refractivity contribution is 5.95. The lowest BCUT2D eigenvalue weighted by Crippen LogP contribution is -2.40. The van der Waals surface area contributed by atoms with E-state index in [1.165, 1.54) is 0 Å². The topological polar surface area (TPSA) is 55.6 Å². The van der Waals surface area contributed by atoms with Gasteiger partial charge in [0.05, 0.1) is 12.0 Å². The van der Waals surface area contributed by atoms with Crippen molar-refractivity contribution in [2.45, 2.75) is 32.3 Å². The third-order valence-corrected chi connectivity index (χ3v) is 3.85. The van der Waals surface area contributed by atoms with Gasteiger partial charge in [0.2, 0.25) is 5.91 Å². The molecule has 2 atom stereocenters. The molecule has 0 bridgehead atoms. The maximum atomic E-state index is 12.8. The van der Waals surface area contributed by atoms with E-state index in [4.69, 9.17) is 10.5 Å². The minimum absolute atomic E-state index is 0.0158. The molecule has 0 spiro atoms. The number of para-hydroxylation sites is 1. The molecule has 2 N–H and O–H groups in total. The van der Waals surface area contributed by atoms with E-state index in [1.54, 1.807) is 0 Å². The molecule has 20 heavy (non-hydrogen) atoms. The summed E-state index contributed by atoms with van der Waals surface area (Å²) in [6, 6.07) is 9.83. The number of hydrogen-bond donors (Lipinski definition) is 1. The van der Waals surface area contributed by atoms with Crippen molar-refractivity contribution in [2.75, 3.05) is 24.6 Å². The maximum absolute atomic E-state index is 12.8. The second-order valence-electron chi connectivity index (χ2n) is 5.18. The predicted molar refractivity (Wildman–Crippen MR) is 80.6 cm³/mol. The fourth-order valence-electron chi connectivity index (χ4n) is 2.76. The molecule has 1 heterocycles. The standard InChI is InChI=1S/C16H24N2O2/c1-2-15-14(9-12-20-15)16(19)18(11-6-10-17)13-7-4-3-5-8-13/h3-5,7-8,14-15H,2,6,9-12,17H2,1H3. The van der Waals surface area contributed by atoms with Crippen LogP contribution in [0.2, 0.25) is 0 Å². The summed E-state index contributed by atoms with van der Waals surface area (Å²) in [5.41, 5.74) is 6.55. The van der Waals surface area contributed by atoms with Crippen molar-refractivity contribution in [3.8, 4) is 0 Å². The monoisotopic (exact) mass is 276 g/mol. The molecule has 1 aliphatic heterocycles. The van der Waals surface area contributed by atoms with Gasteiger partial charge in [-0.15, -0.1) is 0 Å². The van der Waals surface area contributed by atoms with Gasteiger partial charge in [-0.2, -0.15) is 0 Å². The van der Waals surface area contributed by atoms with Crippen LogP contribution in [-0.2, 0) is 9.53 Å². The molecule has 1 aliphatic rings. The number of amides is 1. The zero-order chi connectivity index (χ0) is 14.4. The average Bonchev–Trinajstić information content (AvgIpc) is 2.97. The van der Waals surface area contributed by atoms with Gasteiger partial charge >= 0.3 is 0 Å². The van der Waals surface area contributed by atoms with Gasteiger partial charge in [0.25, 0.3) is 0 Å². The van der Waals surface area contributed by atoms with Gasteiger partial charge in [-0.25, -0.2) is 0 Å². The van der Waals surface area contributed by atoms with Crippen molar-refractivity contribution in [1.29, 1.82) is 0 Å². The van der Waals surface area contributed by atoms with Gasteiger partial charge < -0.3 is 15.4 Å². The van der Waals surface area contributed by atoms with Crippen LogP contribution in [0.4, 0.5) is 5.69 Å². The lowest BCUT2D eigenvalue weighted by molar-refractivity contribution is -0.124. The van der Waals surface area contributed by atoms with Gasteiger partial charge in [0.1, 0.15) is 0 Å². The summed E-state index contributed by atoms with van der Waals surface area (Å²) in [5.74, 6) is 0.159. The van der Waals surface area contributed by atoms with Crippen molar-refractivity contribution in [3.05, 3.63) is 30.3 Å². The lowest BCUT2D eigenvalue weighted by Gasteiger charge is -2.27. The number of anilines is 1. The summed E-state index contributed by atoms with van der Waals surface area (Å²) in [4.78, 5) is 14.7. The molecule has 2 unspecified atom stereocenters. The number of rotatable bonds is 6. The molecule has 0 radical (unpaired) electrons. The molecule has 1 aromatic rings. The molecule has 0 aromatic heterocycles. The second kappa shape index (κ2) is 7.41. The Kier molecular flexibility index (Phi) is 5.56. The summed E-state index contributed by atoms with van der Waals surface area (Å²) >= 11 is 0. The highest BCUT2D eigenvalue weighted by Gasteiger charge is 2.35. The first-order valence-corrected chi connectivity index (χ1v) is 7.46. The molecule has 4 heteroatoms. The molecular weight excluding hydrogens is 252 g/mol. The van der Waals surface area contributed by atoms with Gasteiger partial charge in [0, 0.05) is 18.8 Å². The molecule has 4 nitrogen and oxygen atoms in total. The van der Waals surface area contributed by atoms with E-state index >= 15 is 0 Å². The minimum Gasteiger partial charge on any atom is -0.377 e. The lowest BCUT2D eigenvalue weighted by atomic mass is 9.97. The van der Waals surface area contributed by atoms with E-state index < -0.39 is 0 Å². The van der Waals surface area contributed by atoms with Gasteiger partial charge in [0.15, 0.2) is 0 Å². The van der Waals surface area contributed by atoms with Crippen LogP contribution in [0.5, 0.6) is 0 Å². The largest absolute Gasteiger partial charge is 0.377 e. The van der Waals surface area contributed by atoms with Crippen LogP contribution in [0, 0.1) is 5.92 Å². The number of hydrogen-bond acceptors (Lipinski definition) is 3. The first-order chi connectivity index (χ1) is 9.77. The molecular formula is C16H24N2O2. The van der Waals surface area contributed by atoms with E-state index in [9.17, 15) is 4.79 Å². The van der Waals surface area contributed by atoms with Crippen LogP contribution in [-0.4, -0.2) is 31.7 Å². The quantitative estimate of drug-likeness (QED) is 0.866. The Labute approximate surface area is 120 Å². The smallest absolute Gasteiger partial charge is 0.232 e. The SMILES string of the molecule is CCC1OCCC1C(=O)N(CCCN)c1ccccc1. The van der Waals surface area contributed by atoms with E-state index in [2.05, 4.69) is 6.92 Å². The Morgan fingerprint density at radius 2 is 2.15 bits per heavy atom. The Morgan fingerprint density at radius 1 is 1.40 bits per heavy atom. The molecule has 1 amide bonds. The number of carbonyl (C=O) groups excluding carboxylic acids is 1. The van der Waals surface area contributed by atoms with E-state index in [0.717, 1.165) is 24.9 Å². The number of carbonyl (C=O) groups is 1. The van der Waals surface area contributed by atoms with Gasteiger partial charge in [-0.05, 0) is 37.9 Å². The summed E-state index contributed by atoms with van der Waals surface area (Å²) in [7, 11) is 0. The highest BCUT2D eigenvalue weighted by Crippen LogP contribution is 2.27. The summed E-state index contributed by atoms with van der Waals surface area (Å²) in [5, 5.41) is 0. The predicted octanol–water partition coefficient (Wildman–Crippen LogP) is 2.18. The van der Waals surface area contributed by atoms with Crippen molar-refractivity contribution in [1.82, 2.24) is 0 Å². The zero-order valence-corrected chi connectivity index (χ0v) is 12.1. The molecule has 1 saturated heterocycles. The van der Waals surface area contributed by atoms with Gasteiger partial charge in [-0.1, -0.05) is 25.1 Å². The summed E-state index contributed by atoms with van der Waals surface area (Å²) in [6.45, 7) is 4.03. The van der Waals surface area contributed by atoms with Crippen LogP contribution in [0.25, 0.3) is 0 Å².